The van der Waals surface area contributed by atoms with E-state index >= 15 is 0 Å². The monoisotopic (exact) mass is 458 g/mol. The molecule has 1 aromatic carbocycles. The van der Waals surface area contributed by atoms with Gasteiger partial charge in [0.1, 0.15) is 12.6 Å². The molecule has 0 bridgehead atoms. The maximum atomic E-state index is 12.7. The fraction of sp³-hybridized carbons (Fsp3) is 0.625. The minimum absolute atomic E-state index is 0.0175. The minimum Gasteiger partial charge on any atom is -0.352 e. The minimum atomic E-state index is -0.317. The van der Waals surface area contributed by atoms with Crippen molar-refractivity contribution in [3.63, 3.8) is 0 Å². The summed E-state index contributed by atoms with van der Waals surface area (Å²) in [6.07, 6.45) is 4.78. The van der Waals surface area contributed by atoms with Crippen molar-refractivity contribution in [2.24, 2.45) is 0 Å². The van der Waals surface area contributed by atoms with Crippen molar-refractivity contribution in [3.05, 3.63) is 35.4 Å². The van der Waals surface area contributed by atoms with Gasteiger partial charge in [0.2, 0.25) is 11.8 Å². The van der Waals surface area contributed by atoms with E-state index in [1.807, 2.05) is 12.1 Å². The van der Waals surface area contributed by atoms with Crippen molar-refractivity contribution >= 4 is 29.5 Å². The Kier molecular flexibility index (Phi) is 7.40. The number of thioether (sulfide) groups is 1. The zero-order valence-electron chi connectivity index (χ0n) is 19.1. The summed E-state index contributed by atoms with van der Waals surface area (Å²) in [5.41, 5.74) is 1.54. The second-order valence-corrected chi connectivity index (χ2v) is 10.2. The zero-order chi connectivity index (χ0) is 22.7. The Balaban J connectivity index is 1.24. The number of hydrogen-bond acceptors (Lipinski definition) is 5. The molecule has 3 saturated heterocycles. The van der Waals surface area contributed by atoms with Crippen molar-refractivity contribution < 1.29 is 14.4 Å². The number of amides is 3. The zero-order valence-corrected chi connectivity index (χ0v) is 19.9. The van der Waals surface area contributed by atoms with Gasteiger partial charge in [0.25, 0.3) is 5.91 Å². The SMILES string of the molecule is C[C@@H]1CCC[C@@H](C)N1CCCNC(=O)c1ccc(CN2CC(=O)N3CSC[C@H]3C2=O)cc1. The highest BCUT2D eigenvalue weighted by molar-refractivity contribution is 7.99. The van der Waals surface area contributed by atoms with Crippen molar-refractivity contribution in [2.75, 3.05) is 31.3 Å². The van der Waals surface area contributed by atoms with Crippen molar-refractivity contribution in [1.29, 1.82) is 0 Å². The molecule has 174 valence electrons. The Morgan fingerprint density at radius 3 is 2.56 bits per heavy atom. The smallest absolute Gasteiger partial charge is 0.251 e. The predicted molar refractivity (Wildman–Crippen MR) is 126 cm³/mol. The van der Waals surface area contributed by atoms with Crippen molar-refractivity contribution in [1.82, 2.24) is 20.0 Å². The van der Waals surface area contributed by atoms with Crippen LogP contribution >= 0.6 is 11.8 Å². The Bertz CT molecular complexity index is 836. The highest BCUT2D eigenvalue weighted by Gasteiger charge is 2.42. The number of rotatable bonds is 7. The van der Waals surface area contributed by atoms with Gasteiger partial charge in [-0.15, -0.1) is 11.8 Å². The summed E-state index contributed by atoms with van der Waals surface area (Å²) < 4.78 is 0. The van der Waals surface area contributed by atoms with E-state index in [0.717, 1.165) is 18.5 Å². The summed E-state index contributed by atoms with van der Waals surface area (Å²) >= 11 is 1.63. The van der Waals surface area contributed by atoms with Crippen LogP contribution in [0.2, 0.25) is 0 Å². The molecule has 8 heteroatoms. The number of piperidine rings is 1. The topological polar surface area (TPSA) is 73.0 Å². The third kappa shape index (κ3) is 5.12. The molecule has 3 aliphatic heterocycles. The number of carbonyl (C=O) groups is 3. The molecule has 0 aliphatic carbocycles. The standard InChI is InChI=1S/C24H34N4O3S/c1-17-5-3-6-18(2)27(17)12-4-11-25-23(30)20-9-7-19(8-10-20)13-26-14-22(29)28-16-32-15-21(28)24(26)31/h7-10,17-18,21H,3-6,11-16H2,1-2H3,(H,25,30)/t17-,18-,21+/m1/s1. The fourth-order valence-corrected chi connectivity index (χ4v) is 6.20. The average Bonchev–Trinajstić information content (AvgIpc) is 3.28. The molecule has 0 aromatic heterocycles. The molecule has 0 spiro atoms. The van der Waals surface area contributed by atoms with Crippen LogP contribution in [-0.4, -0.2) is 81.8 Å². The summed E-state index contributed by atoms with van der Waals surface area (Å²) in [5.74, 6) is 1.26. The summed E-state index contributed by atoms with van der Waals surface area (Å²) in [5, 5.41) is 3.02. The lowest BCUT2D eigenvalue weighted by Crippen LogP contribution is -2.57. The van der Waals surface area contributed by atoms with Gasteiger partial charge >= 0.3 is 0 Å². The highest BCUT2D eigenvalue weighted by Crippen LogP contribution is 2.27. The van der Waals surface area contributed by atoms with E-state index < -0.39 is 0 Å². The van der Waals surface area contributed by atoms with Crippen LogP contribution in [0.1, 0.15) is 55.5 Å². The maximum absolute atomic E-state index is 12.7. The van der Waals surface area contributed by atoms with Gasteiger partial charge in [-0.1, -0.05) is 18.6 Å². The quantitative estimate of drug-likeness (QED) is 0.635. The van der Waals surface area contributed by atoms with Gasteiger partial charge < -0.3 is 15.1 Å². The molecule has 3 fully saturated rings. The lowest BCUT2D eigenvalue weighted by Gasteiger charge is -2.39. The number of hydrogen-bond donors (Lipinski definition) is 1. The lowest BCUT2D eigenvalue weighted by atomic mass is 9.97. The number of likely N-dealkylation sites (tertiary alicyclic amines) is 1. The first-order valence-electron chi connectivity index (χ1n) is 11.7. The van der Waals surface area contributed by atoms with Gasteiger partial charge in [-0.3, -0.25) is 19.3 Å². The summed E-state index contributed by atoms with van der Waals surface area (Å²) in [6.45, 7) is 6.80. The Labute approximate surface area is 194 Å². The first-order valence-corrected chi connectivity index (χ1v) is 12.9. The molecule has 1 aromatic rings. The number of fused-ring (bicyclic) bond motifs is 1. The number of nitrogens with one attached hydrogen (secondary N) is 1. The maximum Gasteiger partial charge on any atom is 0.251 e. The van der Waals surface area contributed by atoms with Gasteiger partial charge in [0, 0.05) is 43.0 Å². The van der Waals surface area contributed by atoms with E-state index in [0.29, 0.717) is 42.4 Å². The van der Waals surface area contributed by atoms with Crippen LogP contribution < -0.4 is 5.32 Å². The Morgan fingerprint density at radius 2 is 1.84 bits per heavy atom. The Morgan fingerprint density at radius 1 is 1.12 bits per heavy atom. The molecule has 32 heavy (non-hydrogen) atoms. The van der Waals surface area contributed by atoms with Gasteiger partial charge in [-0.2, -0.15) is 0 Å². The molecule has 7 nitrogen and oxygen atoms in total. The van der Waals surface area contributed by atoms with E-state index in [9.17, 15) is 14.4 Å². The molecule has 3 amide bonds. The third-order valence-electron chi connectivity index (χ3n) is 6.97. The predicted octanol–water partition coefficient (Wildman–Crippen LogP) is 2.31. The van der Waals surface area contributed by atoms with Crippen LogP contribution in [0.3, 0.4) is 0 Å². The largest absolute Gasteiger partial charge is 0.352 e. The van der Waals surface area contributed by atoms with Crippen LogP contribution in [0.25, 0.3) is 0 Å². The molecule has 3 heterocycles. The van der Waals surface area contributed by atoms with Crippen molar-refractivity contribution in [3.8, 4) is 0 Å². The van der Waals surface area contributed by atoms with Crippen LogP contribution in [0.15, 0.2) is 24.3 Å². The van der Waals surface area contributed by atoms with E-state index in [2.05, 4.69) is 24.1 Å². The second kappa shape index (κ2) is 10.3. The van der Waals surface area contributed by atoms with Crippen LogP contribution in [0.5, 0.6) is 0 Å². The summed E-state index contributed by atoms with van der Waals surface area (Å²) in [4.78, 5) is 43.4. The van der Waals surface area contributed by atoms with E-state index in [-0.39, 0.29) is 30.3 Å². The number of benzene rings is 1. The molecular weight excluding hydrogens is 424 g/mol. The number of nitrogens with zero attached hydrogens (tertiary/aromatic N) is 3. The molecule has 1 N–H and O–H groups in total. The molecule has 3 atom stereocenters. The van der Waals surface area contributed by atoms with E-state index in [4.69, 9.17) is 0 Å². The van der Waals surface area contributed by atoms with Crippen molar-refractivity contribution in [2.45, 2.75) is 64.2 Å². The van der Waals surface area contributed by atoms with Gasteiger partial charge in [-0.25, -0.2) is 0 Å². The Hall–Kier alpha value is -2.06. The summed E-state index contributed by atoms with van der Waals surface area (Å²) in [7, 11) is 0. The van der Waals surface area contributed by atoms with E-state index in [1.165, 1.54) is 19.3 Å². The first kappa shape index (κ1) is 23.1. The van der Waals surface area contributed by atoms with Gasteiger partial charge in [0.05, 0.1) is 5.88 Å². The van der Waals surface area contributed by atoms with Gasteiger partial charge in [-0.05, 0) is 50.8 Å². The molecule has 0 radical (unpaired) electrons. The molecule has 4 rings (SSSR count). The van der Waals surface area contributed by atoms with Crippen LogP contribution in [0.4, 0.5) is 0 Å². The number of carbonyl (C=O) groups excluding carboxylic acids is 3. The second-order valence-electron chi connectivity index (χ2n) is 9.25. The normalized spacial score (nSPS) is 26.4. The van der Waals surface area contributed by atoms with Gasteiger partial charge in [0.15, 0.2) is 0 Å². The highest BCUT2D eigenvalue weighted by atomic mass is 32.2. The third-order valence-corrected chi connectivity index (χ3v) is 7.98. The first-order chi connectivity index (χ1) is 15.4. The molecule has 3 aliphatic rings. The fourth-order valence-electron chi connectivity index (χ4n) is 5.03. The van der Waals surface area contributed by atoms with E-state index in [1.54, 1.807) is 33.7 Å². The molecule has 0 unspecified atom stereocenters. The van der Waals surface area contributed by atoms with Crippen LogP contribution in [0, 0.1) is 0 Å². The molecular formula is C24H34N4O3S. The van der Waals surface area contributed by atoms with Crippen LogP contribution in [-0.2, 0) is 16.1 Å². The summed E-state index contributed by atoms with van der Waals surface area (Å²) in [6, 6.07) is 8.28. The average molecular weight is 459 g/mol. The molecule has 0 saturated carbocycles. The number of piperazine rings is 1. The lowest BCUT2D eigenvalue weighted by molar-refractivity contribution is -0.153.